The van der Waals surface area contributed by atoms with E-state index in [0.717, 1.165) is 11.8 Å². The van der Waals surface area contributed by atoms with E-state index in [2.05, 4.69) is 4.98 Å². The molecule has 0 aliphatic carbocycles. The van der Waals surface area contributed by atoms with Crippen molar-refractivity contribution in [3.05, 3.63) is 54.6 Å². The number of aromatic nitrogens is 2. The standard InChI is InChI=1S/C11H10N2O/c14-8-11(13-7-6-12-9-13)10-4-2-1-3-5-10/h1-9,11H. The summed E-state index contributed by atoms with van der Waals surface area (Å²) in [5, 5.41) is 0. The molecular weight excluding hydrogens is 176 g/mol. The number of carbonyl (C=O) groups excluding carboxylic acids is 1. The van der Waals surface area contributed by atoms with Crippen LogP contribution in [0.5, 0.6) is 0 Å². The Bertz CT molecular complexity index is 394. The van der Waals surface area contributed by atoms with E-state index < -0.39 is 0 Å². The molecule has 0 spiro atoms. The van der Waals surface area contributed by atoms with Crippen molar-refractivity contribution >= 4 is 6.29 Å². The molecule has 0 saturated heterocycles. The zero-order chi connectivity index (χ0) is 9.80. The highest BCUT2D eigenvalue weighted by Gasteiger charge is 2.10. The third-order valence-corrected chi connectivity index (χ3v) is 2.12. The van der Waals surface area contributed by atoms with Crippen LogP contribution >= 0.6 is 0 Å². The molecule has 0 radical (unpaired) electrons. The molecule has 0 fully saturated rings. The Morgan fingerprint density at radius 2 is 2.07 bits per heavy atom. The molecule has 0 aliphatic heterocycles. The van der Waals surface area contributed by atoms with Crippen molar-refractivity contribution in [2.75, 3.05) is 0 Å². The number of imidazole rings is 1. The number of hydrogen-bond donors (Lipinski definition) is 0. The Labute approximate surface area is 82.0 Å². The molecule has 3 heteroatoms. The van der Waals surface area contributed by atoms with Crippen LogP contribution in [0.2, 0.25) is 0 Å². The molecule has 2 rings (SSSR count). The summed E-state index contributed by atoms with van der Waals surface area (Å²) >= 11 is 0. The lowest BCUT2D eigenvalue weighted by molar-refractivity contribution is -0.109. The fourth-order valence-electron chi connectivity index (χ4n) is 1.41. The van der Waals surface area contributed by atoms with Crippen molar-refractivity contribution in [2.45, 2.75) is 6.04 Å². The molecule has 70 valence electrons. The minimum Gasteiger partial charge on any atom is -0.323 e. The molecule has 0 N–H and O–H groups in total. The summed E-state index contributed by atoms with van der Waals surface area (Å²) in [6.45, 7) is 0. The van der Waals surface area contributed by atoms with Crippen LogP contribution in [0.25, 0.3) is 0 Å². The van der Waals surface area contributed by atoms with Gasteiger partial charge in [0.05, 0.1) is 6.33 Å². The fraction of sp³-hybridized carbons (Fsp3) is 0.0909. The Hall–Kier alpha value is -1.90. The van der Waals surface area contributed by atoms with Gasteiger partial charge >= 0.3 is 0 Å². The van der Waals surface area contributed by atoms with Crippen LogP contribution in [0.15, 0.2) is 49.1 Å². The zero-order valence-electron chi connectivity index (χ0n) is 7.58. The average Bonchev–Trinajstić information content (AvgIpc) is 2.74. The van der Waals surface area contributed by atoms with Gasteiger partial charge in [0, 0.05) is 12.4 Å². The van der Waals surface area contributed by atoms with E-state index in [0.29, 0.717) is 0 Å². The first-order valence-electron chi connectivity index (χ1n) is 4.39. The minimum atomic E-state index is -0.265. The minimum absolute atomic E-state index is 0.265. The summed E-state index contributed by atoms with van der Waals surface area (Å²) in [6.07, 6.45) is 6.01. The van der Waals surface area contributed by atoms with Gasteiger partial charge in [-0.3, -0.25) is 0 Å². The van der Waals surface area contributed by atoms with Crippen molar-refractivity contribution in [3.8, 4) is 0 Å². The molecule has 14 heavy (non-hydrogen) atoms. The zero-order valence-corrected chi connectivity index (χ0v) is 7.58. The van der Waals surface area contributed by atoms with Crippen molar-refractivity contribution in [1.29, 1.82) is 0 Å². The van der Waals surface area contributed by atoms with E-state index >= 15 is 0 Å². The maximum absolute atomic E-state index is 11.0. The van der Waals surface area contributed by atoms with Crippen molar-refractivity contribution < 1.29 is 4.79 Å². The van der Waals surface area contributed by atoms with E-state index in [9.17, 15) is 4.79 Å². The monoisotopic (exact) mass is 186 g/mol. The SMILES string of the molecule is O=CC(c1ccccc1)n1ccnc1. The van der Waals surface area contributed by atoms with Crippen molar-refractivity contribution in [2.24, 2.45) is 0 Å². The predicted molar refractivity (Wildman–Crippen MR) is 52.9 cm³/mol. The first-order valence-corrected chi connectivity index (χ1v) is 4.39. The fourth-order valence-corrected chi connectivity index (χ4v) is 1.41. The number of hydrogen-bond acceptors (Lipinski definition) is 2. The van der Waals surface area contributed by atoms with Crippen LogP contribution in [0.1, 0.15) is 11.6 Å². The van der Waals surface area contributed by atoms with Gasteiger partial charge in [-0.25, -0.2) is 4.98 Å². The van der Waals surface area contributed by atoms with Gasteiger partial charge in [-0.15, -0.1) is 0 Å². The van der Waals surface area contributed by atoms with Gasteiger partial charge in [0.1, 0.15) is 12.3 Å². The maximum atomic E-state index is 11.0. The van der Waals surface area contributed by atoms with Gasteiger partial charge in [0.25, 0.3) is 0 Å². The molecule has 3 nitrogen and oxygen atoms in total. The summed E-state index contributed by atoms with van der Waals surface area (Å²) in [6, 6.07) is 9.36. The highest BCUT2D eigenvalue weighted by atomic mass is 16.1. The Balaban J connectivity index is 2.36. The van der Waals surface area contributed by atoms with Crippen LogP contribution in [-0.2, 0) is 4.79 Å². The molecular formula is C11H10N2O. The quantitative estimate of drug-likeness (QED) is 0.683. The van der Waals surface area contributed by atoms with Gasteiger partial charge < -0.3 is 9.36 Å². The molecule has 1 heterocycles. The van der Waals surface area contributed by atoms with Gasteiger partial charge in [0.2, 0.25) is 0 Å². The topological polar surface area (TPSA) is 34.9 Å². The summed E-state index contributed by atoms with van der Waals surface area (Å²) in [5.74, 6) is 0. The smallest absolute Gasteiger partial charge is 0.147 e. The number of carbonyl (C=O) groups is 1. The van der Waals surface area contributed by atoms with Crippen LogP contribution in [0.3, 0.4) is 0 Å². The van der Waals surface area contributed by atoms with Crippen LogP contribution in [-0.4, -0.2) is 15.8 Å². The number of aldehydes is 1. The number of benzene rings is 1. The first kappa shape index (κ1) is 8.69. The van der Waals surface area contributed by atoms with Gasteiger partial charge in [-0.2, -0.15) is 0 Å². The summed E-state index contributed by atoms with van der Waals surface area (Å²) < 4.78 is 1.78. The van der Waals surface area contributed by atoms with E-state index in [4.69, 9.17) is 0 Å². The molecule has 0 bridgehead atoms. The highest BCUT2D eigenvalue weighted by molar-refractivity contribution is 5.61. The highest BCUT2D eigenvalue weighted by Crippen LogP contribution is 2.14. The Kier molecular flexibility index (Phi) is 2.40. The second-order valence-corrected chi connectivity index (χ2v) is 3.00. The Morgan fingerprint density at radius 3 is 2.64 bits per heavy atom. The normalized spacial score (nSPS) is 12.3. The molecule has 1 atom stereocenters. The maximum Gasteiger partial charge on any atom is 0.147 e. The largest absolute Gasteiger partial charge is 0.323 e. The van der Waals surface area contributed by atoms with Gasteiger partial charge in [0.15, 0.2) is 0 Å². The van der Waals surface area contributed by atoms with Crippen molar-refractivity contribution in [3.63, 3.8) is 0 Å². The van der Waals surface area contributed by atoms with E-state index in [1.54, 1.807) is 23.3 Å². The molecule has 1 aromatic carbocycles. The van der Waals surface area contributed by atoms with E-state index in [-0.39, 0.29) is 6.04 Å². The molecule has 1 unspecified atom stereocenters. The average molecular weight is 186 g/mol. The molecule has 0 saturated carbocycles. The van der Waals surface area contributed by atoms with E-state index in [1.807, 2.05) is 30.3 Å². The summed E-state index contributed by atoms with van der Waals surface area (Å²) in [5.41, 5.74) is 0.973. The van der Waals surface area contributed by atoms with Gasteiger partial charge in [-0.1, -0.05) is 30.3 Å². The lowest BCUT2D eigenvalue weighted by atomic mass is 10.1. The van der Waals surface area contributed by atoms with Crippen molar-refractivity contribution in [1.82, 2.24) is 9.55 Å². The predicted octanol–water partition coefficient (Wildman–Crippen LogP) is 1.67. The van der Waals surface area contributed by atoms with E-state index in [1.165, 1.54) is 0 Å². The molecule has 1 aromatic heterocycles. The molecule has 2 aromatic rings. The lowest BCUT2D eigenvalue weighted by Crippen LogP contribution is -2.09. The molecule has 0 aliphatic rings. The second-order valence-electron chi connectivity index (χ2n) is 3.00. The Morgan fingerprint density at radius 1 is 1.29 bits per heavy atom. The summed E-state index contributed by atoms with van der Waals surface area (Å²) in [7, 11) is 0. The lowest BCUT2D eigenvalue weighted by Gasteiger charge is -2.11. The first-order chi connectivity index (χ1) is 6.92. The number of rotatable bonds is 3. The third-order valence-electron chi connectivity index (χ3n) is 2.12. The summed E-state index contributed by atoms with van der Waals surface area (Å²) in [4.78, 5) is 14.9. The second kappa shape index (κ2) is 3.87. The van der Waals surface area contributed by atoms with Crippen LogP contribution in [0, 0.1) is 0 Å². The molecule has 0 amide bonds. The number of nitrogens with zero attached hydrogens (tertiary/aromatic N) is 2. The van der Waals surface area contributed by atoms with Gasteiger partial charge in [-0.05, 0) is 5.56 Å². The van der Waals surface area contributed by atoms with Crippen LogP contribution in [0.4, 0.5) is 0 Å². The third kappa shape index (κ3) is 1.57. The van der Waals surface area contributed by atoms with Crippen LogP contribution < -0.4 is 0 Å².